The van der Waals surface area contributed by atoms with Crippen molar-refractivity contribution >= 4 is 11.6 Å². The topological polar surface area (TPSA) is 42.0 Å². The molecule has 20 heavy (non-hydrogen) atoms. The maximum atomic E-state index is 13.3. The zero-order valence-electron chi connectivity index (χ0n) is 9.91. The maximum absolute atomic E-state index is 13.3. The zero-order valence-corrected chi connectivity index (χ0v) is 9.91. The van der Waals surface area contributed by atoms with E-state index < -0.39 is 23.6 Å². The molecule has 2 rings (SSSR count). The second-order valence-electron chi connectivity index (χ2n) is 3.86. The lowest BCUT2D eigenvalue weighted by atomic mass is 10.2. The van der Waals surface area contributed by atoms with Crippen molar-refractivity contribution < 1.29 is 22.4 Å². The summed E-state index contributed by atoms with van der Waals surface area (Å²) < 4.78 is 50.2. The highest BCUT2D eigenvalue weighted by atomic mass is 19.4. The maximum Gasteiger partial charge on any atom is 0.433 e. The average molecular weight is 284 g/mol. The van der Waals surface area contributed by atoms with E-state index in [0.717, 1.165) is 18.3 Å². The summed E-state index contributed by atoms with van der Waals surface area (Å²) in [6, 6.07) is 7.13. The van der Waals surface area contributed by atoms with Gasteiger partial charge in [0.2, 0.25) is 0 Å². The molecule has 0 unspecified atom stereocenters. The standard InChI is InChI=1S/C13H8F4N2O/c14-9-3-1-2-4-10(9)19-12(20)8-5-6-11(18-7-8)13(15,16)17/h1-7H,(H,19,20). The van der Waals surface area contributed by atoms with Crippen LogP contribution >= 0.6 is 0 Å². The number of alkyl halides is 3. The van der Waals surface area contributed by atoms with Gasteiger partial charge < -0.3 is 5.32 Å². The number of pyridine rings is 1. The summed E-state index contributed by atoms with van der Waals surface area (Å²) in [7, 11) is 0. The minimum atomic E-state index is -4.57. The average Bonchev–Trinajstić information content (AvgIpc) is 2.40. The number of nitrogens with one attached hydrogen (secondary N) is 1. The van der Waals surface area contributed by atoms with Gasteiger partial charge >= 0.3 is 6.18 Å². The number of carbonyl (C=O) groups excluding carboxylic acids is 1. The van der Waals surface area contributed by atoms with E-state index in [9.17, 15) is 22.4 Å². The number of halogens is 4. The third-order valence-corrected chi connectivity index (χ3v) is 2.44. The Balaban J connectivity index is 2.16. The second kappa shape index (κ2) is 5.28. The minimum Gasteiger partial charge on any atom is -0.319 e. The first-order valence-electron chi connectivity index (χ1n) is 5.47. The minimum absolute atomic E-state index is 0.0580. The van der Waals surface area contributed by atoms with Gasteiger partial charge in [-0.3, -0.25) is 9.78 Å². The SMILES string of the molecule is O=C(Nc1ccccc1F)c1ccc(C(F)(F)F)nc1. The molecule has 0 radical (unpaired) electrons. The molecule has 0 fully saturated rings. The Morgan fingerprint density at radius 1 is 1.10 bits per heavy atom. The third kappa shape index (κ3) is 3.11. The van der Waals surface area contributed by atoms with Gasteiger partial charge in [-0.15, -0.1) is 0 Å². The van der Waals surface area contributed by atoms with Gasteiger partial charge in [0.1, 0.15) is 11.5 Å². The van der Waals surface area contributed by atoms with Crippen LogP contribution in [0.5, 0.6) is 0 Å². The number of aromatic nitrogens is 1. The Morgan fingerprint density at radius 2 is 1.80 bits per heavy atom. The van der Waals surface area contributed by atoms with E-state index in [4.69, 9.17) is 0 Å². The van der Waals surface area contributed by atoms with Crippen molar-refractivity contribution in [1.29, 1.82) is 0 Å². The quantitative estimate of drug-likeness (QED) is 0.858. The van der Waals surface area contributed by atoms with E-state index >= 15 is 0 Å². The van der Waals surface area contributed by atoms with E-state index in [1.54, 1.807) is 0 Å². The summed E-state index contributed by atoms with van der Waals surface area (Å²) >= 11 is 0. The molecule has 1 aromatic carbocycles. The van der Waals surface area contributed by atoms with Crippen molar-refractivity contribution in [3.63, 3.8) is 0 Å². The molecular weight excluding hydrogens is 276 g/mol. The van der Waals surface area contributed by atoms with Crippen LogP contribution in [0.3, 0.4) is 0 Å². The highest BCUT2D eigenvalue weighted by molar-refractivity contribution is 6.04. The lowest BCUT2D eigenvalue weighted by Gasteiger charge is -2.08. The molecule has 3 nitrogen and oxygen atoms in total. The van der Waals surface area contributed by atoms with Crippen LogP contribution in [0, 0.1) is 5.82 Å². The van der Waals surface area contributed by atoms with Crippen LogP contribution in [-0.4, -0.2) is 10.9 Å². The number of rotatable bonds is 2. The first-order chi connectivity index (χ1) is 9.38. The second-order valence-corrected chi connectivity index (χ2v) is 3.86. The number of carbonyl (C=O) groups is 1. The van der Waals surface area contributed by atoms with Crippen LogP contribution in [0.2, 0.25) is 0 Å². The number of benzene rings is 1. The predicted molar refractivity (Wildman–Crippen MR) is 63.6 cm³/mol. The lowest BCUT2D eigenvalue weighted by Crippen LogP contribution is -2.15. The molecule has 1 aromatic heterocycles. The number of hydrogen-bond donors (Lipinski definition) is 1. The van der Waals surface area contributed by atoms with E-state index in [-0.39, 0.29) is 11.3 Å². The van der Waals surface area contributed by atoms with Gasteiger partial charge in [-0.2, -0.15) is 13.2 Å². The van der Waals surface area contributed by atoms with Gasteiger partial charge in [-0.25, -0.2) is 4.39 Å². The smallest absolute Gasteiger partial charge is 0.319 e. The Hall–Kier alpha value is -2.44. The summed E-state index contributed by atoms with van der Waals surface area (Å²) in [6.45, 7) is 0. The van der Waals surface area contributed by atoms with Gasteiger partial charge in [0.15, 0.2) is 0 Å². The first kappa shape index (κ1) is 14.0. The summed E-state index contributed by atoms with van der Waals surface area (Å²) in [5, 5.41) is 2.25. The van der Waals surface area contributed by atoms with Gasteiger partial charge in [0, 0.05) is 6.20 Å². The summed E-state index contributed by atoms with van der Waals surface area (Å²) in [5.74, 6) is -1.38. The Labute approximate surface area is 111 Å². The molecule has 1 heterocycles. The van der Waals surface area contributed by atoms with Gasteiger partial charge in [-0.05, 0) is 24.3 Å². The van der Waals surface area contributed by atoms with Crippen molar-refractivity contribution in [2.45, 2.75) is 6.18 Å². The molecule has 0 atom stereocenters. The van der Waals surface area contributed by atoms with Gasteiger partial charge in [0.25, 0.3) is 5.91 Å². The fourth-order valence-corrected chi connectivity index (χ4v) is 1.45. The van der Waals surface area contributed by atoms with Crippen LogP contribution < -0.4 is 5.32 Å². The molecule has 1 N–H and O–H groups in total. The highest BCUT2D eigenvalue weighted by Gasteiger charge is 2.32. The predicted octanol–water partition coefficient (Wildman–Crippen LogP) is 3.49. The van der Waals surface area contributed by atoms with Crippen LogP contribution in [-0.2, 0) is 6.18 Å². The number of amides is 1. The Bertz CT molecular complexity index is 623. The van der Waals surface area contributed by atoms with E-state index in [1.807, 2.05) is 0 Å². The number of hydrogen-bond acceptors (Lipinski definition) is 2. The molecule has 2 aromatic rings. The van der Waals surface area contributed by atoms with E-state index in [0.29, 0.717) is 6.07 Å². The van der Waals surface area contributed by atoms with Gasteiger partial charge in [0.05, 0.1) is 11.3 Å². The molecular formula is C13H8F4N2O. The van der Waals surface area contributed by atoms with Crippen molar-refractivity contribution in [2.75, 3.05) is 5.32 Å². The molecule has 0 aliphatic heterocycles. The summed E-state index contributed by atoms with van der Waals surface area (Å²) in [4.78, 5) is 14.9. The van der Waals surface area contributed by atoms with Crippen molar-refractivity contribution in [3.8, 4) is 0 Å². The van der Waals surface area contributed by atoms with Crippen molar-refractivity contribution in [3.05, 3.63) is 59.7 Å². The largest absolute Gasteiger partial charge is 0.433 e. The molecule has 104 valence electrons. The fraction of sp³-hybridized carbons (Fsp3) is 0.0769. The molecule has 0 spiro atoms. The molecule has 0 aliphatic rings. The van der Waals surface area contributed by atoms with Crippen LogP contribution in [0.1, 0.15) is 16.1 Å². The first-order valence-corrected chi connectivity index (χ1v) is 5.47. The number of para-hydroxylation sites is 1. The zero-order chi connectivity index (χ0) is 14.8. The lowest BCUT2D eigenvalue weighted by molar-refractivity contribution is -0.141. The molecule has 0 aliphatic carbocycles. The van der Waals surface area contributed by atoms with Crippen LogP contribution in [0.4, 0.5) is 23.2 Å². The van der Waals surface area contributed by atoms with Crippen LogP contribution in [0.25, 0.3) is 0 Å². The molecule has 1 amide bonds. The molecule has 0 bridgehead atoms. The van der Waals surface area contributed by atoms with Gasteiger partial charge in [-0.1, -0.05) is 12.1 Å². The summed E-state index contributed by atoms with van der Waals surface area (Å²) in [6.07, 6.45) is -3.78. The third-order valence-electron chi connectivity index (χ3n) is 2.44. The number of nitrogens with zero attached hydrogens (tertiary/aromatic N) is 1. The fourth-order valence-electron chi connectivity index (χ4n) is 1.45. The van der Waals surface area contributed by atoms with Crippen molar-refractivity contribution in [1.82, 2.24) is 4.98 Å². The van der Waals surface area contributed by atoms with E-state index in [2.05, 4.69) is 10.3 Å². The highest BCUT2D eigenvalue weighted by Crippen LogP contribution is 2.27. The Morgan fingerprint density at radius 3 is 2.35 bits per heavy atom. The summed E-state index contributed by atoms with van der Waals surface area (Å²) in [5.41, 5.74) is -1.25. The van der Waals surface area contributed by atoms with Crippen molar-refractivity contribution in [2.24, 2.45) is 0 Å². The number of anilines is 1. The molecule has 7 heteroatoms. The Kier molecular flexibility index (Phi) is 3.69. The van der Waals surface area contributed by atoms with Crippen LogP contribution in [0.15, 0.2) is 42.6 Å². The molecule has 0 saturated carbocycles. The monoisotopic (exact) mass is 284 g/mol. The van der Waals surface area contributed by atoms with E-state index in [1.165, 1.54) is 18.2 Å². The normalized spacial score (nSPS) is 11.2. The molecule has 0 saturated heterocycles.